The first-order valence-corrected chi connectivity index (χ1v) is 5.00. The van der Waals surface area contributed by atoms with E-state index in [1.807, 2.05) is 20.8 Å². The van der Waals surface area contributed by atoms with Gasteiger partial charge in [-0.3, -0.25) is 4.79 Å². The van der Waals surface area contributed by atoms with Crippen molar-refractivity contribution in [2.24, 2.45) is 11.1 Å². The molecule has 1 amide bonds. The summed E-state index contributed by atoms with van der Waals surface area (Å²) in [6.45, 7) is 6.25. The maximum atomic E-state index is 11.3. The molecule has 4 nitrogen and oxygen atoms in total. The number of amides is 1. The van der Waals surface area contributed by atoms with Crippen LogP contribution < -0.4 is 11.1 Å². The van der Waals surface area contributed by atoms with Crippen molar-refractivity contribution in [3.8, 4) is 0 Å². The Balaban J connectivity index is 3.64. The monoisotopic (exact) mass is 202 g/mol. The number of nitrogens with one attached hydrogen (secondary N) is 1. The summed E-state index contributed by atoms with van der Waals surface area (Å²) < 4.78 is 0. The molecule has 0 heterocycles. The van der Waals surface area contributed by atoms with Crippen LogP contribution in [0.5, 0.6) is 0 Å². The molecule has 0 bridgehead atoms. The van der Waals surface area contributed by atoms with Gasteiger partial charge in [0, 0.05) is 31.0 Å². The first-order valence-electron chi connectivity index (χ1n) is 5.00. The van der Waals surface area contributed by atoms with E-state index in [-0.39, 0.29) is 24.0 Å². The zero-order valence-corrected chi connectivity index (χ0v) is 9.34. The van der Waals surface area contributed by atoms with Crippen LogP contribution in [0.2, 0.25) is 0 Å². The number of carbonyl (C=O) groups is 1. The van der Waals surface area contributed by atoms with E-state index in [1.54, 1.807) is 0 Å². The van der Waals surface area contributed by atoms with Gasteiger partial charge in [0.15, 0.2) is 0 Å². The van der Waals surface area contributed by atoms with Crippen LogP contribution in [0.15, 0.2) is 0 Å². The second kappa shape index (κ2) is 5.98. The van der Waals surface area contributed by atoms with Crippen molar-refractivity contribution in [1.82, 2.24) is 5.32 Å². The van der Waals surface area contributed by atoms with Gasteiger partial charge in [-0.15, -0.1) is 0 Å². The van der Waals surface area contributed by atoms with E-state index in [4.69, 9.17) is 10.8 Å². The van der Waals surface area contributed by atoms with Gasteiger partial charge in [0.2, 0.25) is 5.91 Å². The van der Waals surface area contributed by atoms with Crippen LogP contribution in [0.4, 0.5) is 0 Å². The number of nitrogens with two attached hydrogens (primary N) is 1. The average Bonchev–Trinajstić information content (AvgIpc) is 2.11. The highest BCUT2D eigenvalue weighted by atomic mass is 16.3. The standard InChI is InChI=1S/C10H22N2O2/c1-8(11)4-5-9(14)12-6-10(2,3)7-13/h8,13H,4-7,11H2,1-3H3,(H,12,14). The van der Waals surface area contributed by atoms with E-state index >= 15 is 0 Å². The first-order chi connectivity index (χ1) is 6.37. The molecule has 0 aliphatic rings. The number of aliphatic hydroxyl groups excluding tert-OH is 1. The molecule has 1 unspecified atom stereocenters. The fourth-order valence-electron chi connectivity index (χ4n) is 0.841. The first kappa shape index (κ1) is 13.4. The molecule has 0 aromatic carbocycles. The van der Waals surface area contributed by atoms with Gasteiger partial charge < -0.3 is 16.2 Å². The molecule has 4 heteroatoms. The van der Waals surface area contributed by atoms with Crippen LogP contribution in [0, 0.1) is 5.41 Å². The summed E-state index contributed by atoms with van der Waals surface area (Å²) in [7, 11) is 0. The topological polar surface area (TPSA) is 75.4 Å². The number of rotatable bonds is 6. The van der Waals surface area contributed by atoms with Gasteiger partial charge in [-0.1, -0.05) is 13.8 Å². The van der Waals surface area contributed by atoms with Crippen LogP contribution in [0.1, 0.15) is 33.6 Å². The van der Waals surface area contributed by atoms with Crippen molar-refractivity contribution in [2.45, 2.75) is 39.7 Å². The van der Waals surface area contributed by atoms with Crippen LogP contribution in [-0.2, 0) is 4.79 Å². The van der Waals surface area contributed by atoms with Crippen LogP contribution >= 0.6 is 0 Å². The molecule has 0 fully saturated rings. The van der Waals surface area contributed by atoms with Gasteiger partial charge in [0.25, 0.3) is 0 Å². The lowest BCUT2D eigenvalue weighted by Crippen LogP contribution is -2.36. The maximum absolute atomic E-state index is 11.3. The van der Waals surface area contributed by atoms with Gasteiger partial charge in [-0.2, -0.15) is 0 Å². The molecule has 0 aliphatic heterocycles. The van der Waals surface area contributed by atoms with Gasteiger partial charge in [-0.05, 0) is 13.3 Å². The highest BCUT2D eigenvalue weighted by Gasteiger charge is 2.17. The second-order valence-electron chi connectivity index (χ2n) is 4.62. The van der Waals surface area contributed by atoms with Crippen LogP contribution in [-0.4, -0.2) is 30.2 Å². The molecular weight excluding hydrogens is 180 g/mol. The van der Waals surface area contributed by atoms with Gasteiger partial charge >= 0.3 is 0 Å². The molecule has 84 valence electrons. The zero-order chi connectivity index (χ0) is 11.2. The summed E-state index contributed by atoms with van der Waals surface area (Å²) in [4.78, 5) is 11.3. The smallest absolute Gasteiger partial charge is 0.220 e. The third-order valence-corrected chi connectivity index (χ3v) is 2.02. The van der Waals surface area contributed by atoms with E-state index in [0.717, 1.165) is 0 Å². The highest BCUT2D eigenvalue weighted by molar-refractivity contribution is 5.75. The van der Waals surface area contributed by atoms with E-state index < -0.39 is 0 Å². The van der Waals surface area contributed by atoms with Gasteiger partial charge in [0.1, 0.15) is 0 Å². The molecule has 1 atom stereocenters. The third-order valence-electron chi connectivity index (χ3n) is 2.02. The Bertz CT molecular complexity index is 179. The number of hydrogen-bond donors (Lipinski definition) is 3. The quantitative estimate of drug-likeness (QED) is 0.578. The van der Waals surface area contributed by atoms with Crippen molar-refractivity contribution in [3.63, 3.8) is 0 Å². The minimum absolute atomic E-state index is 0.00354. The molecule has 0 aromatic heterocycles. The lowest BCUT2D eigenvalue weighted by molar-refractivity contribution is -0.121. The number of aliphatic hydroxyl groups is 1. The summed E-state index contributed by atoms with van der Waals surface area (Å²) in [6.07, 6.45) is 1.16. The Morgan fingerprint density at radius 3 is 2.57 bits per heavy atom. The largest absolute Gasteiger partial charge is 0.396 e. The summed E-state index contributed by atoms with van der Waals surface area (Å²) in [5.41, 5.74) is 5.28. The summed E-state index contributed by atoms with van der Waals surface area (Å²) in [6, 6.07) is 0.0617. The lowest BCUT2D eigenvalue weighted by atomic mass is 9.95. The number of hydrogen-bond acceptors (Lipinski definition) is 3. The molecule has 14 heavy (non-hydrogen) atoms. The fraction of sp³-hybridized carbons (Fsp3) is 0.900. The molecule has 0 spiro atoms. The van der Waals surface area contributed by atoms with E-state index in [1.165, 1.54) is 0 Å². The average molecular weight is 202 g/mol. The summed E-state index contributed by atoms with van der Waals surface area (Å²) >= 11 is 0. The van der Waals surface area contributed by atoms with Crippen LogP contribution in [0.3, 0.4) is 0 Å². The van der Waals surface area contributed by atoms with Gasteiger partial charge in [-0.25, -0.2) is 0 Å². The lowest BCUT2D eigenvalue weighted by Gasteiger charge is -2.21. The SMILES string of the molecule is CC(N)CCC(=O)NCC(C)(C)CO. The summed E-state index contributed by atoms with van der Waals surface area (Å²) in [5.74, 6) is 0.00354. The predicted octanol–water partition coefficient (Wildman–Crippen LogP) is 0.249. The Labute approximate surface area is 85.9 Å². The predicted molar refractivity (Wildman–Crippen MR) is 56.8 cm³/mol. The van der Waals surface area contributed by atoms with Crippen molar-refractivity contribution in [1.29, 1.82) is 0 Å². The van der Waals surface area contributed by atoms with Gasteiger partial charge in [0.05, 0.1) is 0 Å². The molecule has 0 aliphatic carbocycles. The molecule has 0 saturated heterocycles. The zero-order valence-electron chi connectivity index (χ0n) is 9.34. The Hall–Kier alpha value is -0.610. The second-order valence-corrected chi connectivity index (χ2v) is 4.62. The minimum Gasteiger partial charge on any atom is -0.396 e. The van der Waals surface area contributed by atoms with Crippen molar-refractivity contribution in [2.75, 3.05) is 13.2 Å². The fourth-order valence-corrected chi connectivity index (χ4v) is 0.841. The van der Waals surface area contributed by atoms with Crippen LogP contribution in [0.25, 0.3) is 0 Å². The van der Waals surface area contributed by atoms with E-state index in [2.05, 4.69) is 5.32 Å². The normalized spacial score (nSPS) is 13.8. The minimum atomic E-state index is -0.246. The Morgan fingerprint density at radius 2 is 2.14 bits per heavy atom. The Morgan fingerprint density at radius 1 is 1.57 bits per heavy atom. The maximum Gasteiger partial charge on any atom is 0.220 e. The molecule has 0 saturated carbocycles. The molecule has 0 aromatic rings. The molecule has 4 N–H and O–H groups in total. The molecule has 0 radical (unpaired) electrons. The summed E-state index contributed by atoms with van der Waals surface area (Å²) in [5, 5.41) is 11.7. The number of carbonyl (C=O) groups excluding carboxylic acids is 1. The molecule has 0 rings (SSSR count). The van der Waals surface area contributed by atoms with Crippen molar-refractivity contribution in [3.05, 3.63) is 0 Å². The highest BCUT2D eigenvalue weighted by Crippen LogP contribution is 2.11. The van der Waals surface area contributed by atoms with E-state index in [9.17, 15) is 4.79 Å². The van der Waals surface area contributed by atoms with Crippen molar-refractivity contribution >= 4 is 5.91 Å². The van der Waals surface area contributed by atoms with Crippen molar-refractivity contribution < 1.29 is 9.90 Å². The van der Waals surface area contributed by atoms with E-state index in [0.29, 0.717) is 19.4 Å². The third kappa shape index (κ3) is 6.86. The molecular formula is C10H22N2O2. The Kier molecular flexibility index (Phi) is 5.72.